The summed E-state index contributed by atoms with van der Waals surface area (Å²) in [6.07, 6.45) is -0.174. The summed E-state index contributed by atoms with van der Waals surface area (Å²) >= 11 is 6.13. The molecule has 0 bridgehead atoms. The van der Waals surface area contributed by atoms with E-state index in [2.05, 4.69) is 10.1 Å². The first kappa shape index (κ1) is 23.5. The molecule has 0 spiro atoms. The Morgan fingerprint density at radius 3 is 2.36 bits per heavy atom. The van der Waals surface area contributed by atoms with Crippen molar-refractivity contribution in [2.75, 3.05) is 0 Å². The van der Waals surface area contributed by atoms with Gasteiger partial charge in [-0.1, -0.05) is 72.3 Å². The normalized spacial score (nSPS) is 15.2. The number of rotatable bonds is 6. The molecule has 1 atom stereocenters. The van der Waals surface area contributed by atoms with Gasteiger partial charge in [0.2, 0.25) is 5.91 Å². The second kappa shape index (κ2) is 9.79. The zero-order valence-corrected chi connectivity index (χ0v) is 19.9. The number of nitrogens with one attached hydrogen (secondary N) is 1. The number of H-pyrrole nitrogens is 1. The Kier molecular flexibility index (Phi) is 6.40. The molecule has 0 saturated carbocycles. The van der Waals surface area contributed by atoms with Crippen molar-refractivity contribution >= 4 is 40.1 Å². The first-order valence-electron chi connectivity index (χ1n) is 11.5. The topological polar surface area (TPSA) is 103 Å². The van der Waals surface area contributed by atoms with Crippen LogP contribution in [0.15, 0.2) is 88.8 Å². The molecule has 1 amide bonds. The second-order valence-corrected chi connectivity index (χ2v) is 9.00. The predicted octanol–water partition coefficient (Wildman–Crippen LogP) is 5.39. The summed E-state index contributed by atoms with van der Waals surface area (Å²) in [6, 6.07) is 23.7. The van der Waals surface area contributed by atoms with Crippen molar-refractivity contribution in [2.24, 2.45) is 5.10 Å². The standard InChI is InChI=1S/C28H22ClN3O4/c29-19-12-10-18(11-13-19)26-20-8-4-5-9-21(20)30-28(36)27(26)22-16-23(17-6-2-1-3-7-17)32(31-22)24(33)14-15-25(34)35/h1-13,23H,14-16H2,(H,30,36)(H,34,35)/t23-/m1/s1. The molecule has 0 fully saturated rings. The lowest BCUT2D eigenvalue weighted by atomic mass is 9.91. The van der Waals surface area contributed by atoms with Gasteiger partial charge >= 0.3 is 5.97 Å². The maximum Gasteiger partial charge on any atom is 0.303 e. The molecule has 0 radical (unpaired) electrons. The minimum absolute atomic E-state index is 0.187. The third-order valence-electron chi connectivity index (χ3n) is 6.25. The number of aromatic nitrogens is 1. The molecule has 5 rings (SSSR count). The molecule has 0 aliphatic carbocycles. The van der Waals surface area contributed by atoms with Gasteiger partial charge in [0.1, 0.15) is 0 Å². The number of halogens is 1. The van der Waals surface area contributed by atoms with Gasteiger partial charge in [-0.25, -0.2) is 5.01 Å². The van der Waals surface area contributed by atoms with Crippen LogP contribution in [0.4, 0.5) is 0 Å². The van der Waals surface area contributed by atoms with E-state index in [1.54, 1.807) is 12.1 Å². The van der Waals surface area contributed by atoms with Gasteiger partial charge in [-0.05, 0) is 29.3 Å². The number of para-hydroxylation sites is 1. The highest BCUT2D eigenvalue weighted by Gasteiger charge is 2.35. The monoisotopic (exact) mass is 499 g/mol. The zero-order valence-electron chi connectivity index (χ0n) is 19.1. The van der Waals surface area contributed by atoms with E-state index in [0.29, 0.717) is 33.8 Å². The summed E-state index contributed by atoms with van der Waals surface area (Å²) < 4.78 is 0. The van der Waals surface area contributed by atoms with E-state index in [-0.39, 0.29) is 18.4 Å². The van der Waals surface area contributed by atoms with E-state index in [9.17, 15) is 14.4 Å². The summed E-state index contributed by atoms with van der Waals surface area (Å²) in [5, 5.41) is 16.4. The van der Waals surface area contributed by atoms with Crippen LogP contribution in [0.5, 0.6) is 0 Å². The highest BCUT2D eigenvalue weighted by molar-refractivity contribution is 6.30. The molecule has 2 N–H and O–H groups in total. The average molecular weight is 500 g/mol. The fourth-order valence-corrected chi connectivity index (χ4v) is 4.72. The van der Waals surface area contributed by atoms with Crippen molar-refractivity contribution in [3.63, 3.8) is 0 Å². The quantitative estimate of drug-likeness (QED) is 0.371. The Bertz CT molecular complexity index is 1550. The summed E-state index contributed by atoms with van der Waals surface area (Å²) in [4.78, 5) is 40.6. The molecule has 180 valence electrons. The molecule has 1 aromatic heterocycles. The predicted molar refractivity (Wildman–Crippen MR) is 139 cm³/mol. The number of carboxylic acids is 1. The van der Waals surface area contributed by atoms with Crippen molar-refractivity contribution in [3.05, 3.63) is 105 Å². The Morgan fingerprint density at radius 2 is 1.64 bits per heavy atom. The average Bonchev–Trinajstić information content (AvgIpc) is 3.32. The molecular weight excluding hydrogens is 478 g/mol. The number of aromatic amines is 1. The Balaban J connectivity index is 1.68. The van der Waals surface area contributed by atoms with Crippen LogP contribution in [-0.4, -0.2) is 32.7 Å². The minimum Gasteiger partial charge on any atom is -0.481 e. The fraction of sp³-hybridized carbons (Fsp3) is 0.143. The van der Waals surface area contributed by atoms with Crippen LogP contribution < -0.4 is 5.56 Å². The summed E-state index contributed by atoms with van der Waals surface area (Å²) in [6.45, 7) is 0. The van der Waals surface area contributed by atoms with Gasteiger partial charge in [0, 0.05) is 34.3 Å². The molecule has 2 heterocycles. The molecule has 0 unspecified atom stereocenters. The van der Waals surface area contributed by atoms with Crippen LogP contribution in [0, 0.1) is 0 Å². The van der Waals surface area contributed by atoms with E-state index < -0.39 is 17.9 Å². The summed E-state index contributed by atoms with van der Waals surface area (Å²) in [7, 11) is 0. The number of fused-ring (bicyclic) bond motifs is 1. The molecule has 4 aromatic rings. The van der Waals surface area contributed by atoms with Gasteiger partial charge < -0.3 is 10.1 Å². The number of carboxylic acid groups (broad SMARTS) is 1. The van der Waals surface area contributed by atoms with Crippen molar-refractivity contribution in [1.82, 2.24) is 9.99 Å². The number of carbonyl (C=O) groups is 2. The van der Waals surface area contributed by atoms with E-state index >= 15 is 0 Å². The number of pyridine rings is 1. The lowest BCUT2D eigenvalue weighted by molar-refractivity contribution is -0.141. The van der Waals surface area contributed by atoms with E-state index in [1.165, 1.54) is 5.01 Å². The van der Waals surface area contributed by atoms with E-state index in [0.717, 1.165) is 16.5 Å². The van der Waals surface area contributed by atoms with Crippen LogP contribution in [0.1, 0.15) is 36.4 Å². The lowest BCUT2D eigenvalue weighted by Gasteiger charge is -2.21. The highest BCUT2D eigenvalue weighted by atomic mass is 35.5. The largest absolute Gasteiger partial charge is 0.481 e. The van der Waals surface area contributed by atoms with Gasteiger partial charge in [-0.2, -0.15) is 5.10 Å². The van der Waals surface area contributed by atoms with Crippen molar-refractivity contribution in [1.29, 1.82) is 0 Å². The number of carbonyl (C=O) groups excluding carboxylic acids is 1. The Labute approximate surface area is 211 Å². The molecule has 3 aromatic carbocycles. The van der Waals surface area contributed by atoms with Crippen LogP contribution in [-0.2, 0) is 9.59 Å². The Morgan fingerprint density at radius 1 is 0.944 bits per heavy atom. The van der Waals surface area contributed by atoms with Gasteiger partial charge in [0.15, 0.2) is 0 Å². The van der Waals surface area contributed by atoms with Crippen molar-refractivity contribution in [2.45, 2.75) is 25.3 Å². The third-order valence-corrected chi connectivity index (χ3v) is 6.50. The number of hydrogen-bond donors (Lipinski definition) is 2. The molecule has 7 nitrogen and oxygen atoms in total. The second-order valence-electron chi connectivity index (χ2n) is 8.57. The third kappa shape index (κ3) is 4.53. The minimum atomic E-state index is -1.06. The number of aliphatic carboxylic acids is 1. The molecule has 0 saturated heterocycles. The van der Waals surface area contributed by atoms with E-state index in [1.807, 2.05) is 66.7 Å². The van der Waals surface area contributed by atoms with Gasteiger partial charge in [-0.15, -0.1) is 0 Å². The maximum atomic E-state index is 13.5. The number of hydrazone groups is 1. The molecule has 1 aliphatic heterocycles. The van der Waals surface area contributed by atoms with Gasteiger partial charge in [0.25, 0.3) is 5.56 Å². The van der Waals surface area contributed by atoms with E-state index in [4.69, 9.17) is 16.7 Å². The van der Waals surface area contributed by atoms with Crippen LogP contribution >= 0.6 is 11.6 Å². The maximum absolute atomic E-state index is 13.5. The fourth-order valence-electron chi connectivity index (χ4n) is 4.59. The summed E-state index contributed by atoms with van der Waals surface area (Å²) in [5.41, 5.74) is 3.57. The van der Waals surface area contributed by atoms with Crippen LogP contribution in [0.2, 0.25) is 5.02 Å². The molecular formula is C28H22ClN3O4. The van der Waals surface area contributed by atoms with Gasteiger partial charge in [0.05, 0.1) is 23.7 Å². The van der Waals surface area contributed by atoms with Gasteiger partial charge in [-0.3, -0.25) is 14.4 Å². The van der Waals surface area contributed by atoms with Crippen LogP contribution in [0.3, 0.4) is 0 Å². The van der Waals surface area contributed by atoms with Crippen LogP contribution in [0.25, 0.3) is 22.0 Å². The number of benzene rings is 3. The zero-order chi connectivity index (χ0) is 25.2. The van der Waals surface area contributed by atoms with Crippen molar-refractivity contribution in [3.8, 4) is 11.1 Å². The lowest BCUT2D eigenvalue weighted by Crippen LogP contribution is -2.27. The SMILES string of the molecule is O=C(O)CCC(=O)N1N=C(c2c(-c3ccc(Cl)cc3)c3ccccc3[nH]c2=O)C[C@@H]1c1ccccc1. The molecule has 36 heavy (non-hydrogen) atoms. The molecule has 8 heteroatoms. The smallest absolute Gasteiger partial charge is 0.303 e. The number of amides is 1. The summed E-state index contributed by atoms with van der Waals surface area (Å²) in [5.74, 6) is -1.47. The number of nitrogens with zero attached hydrogens (tertiary/aromatic N) is 2. The molecule has 1 aliphatic rings. The van der Waals surface area contributed by atoms with Crippen molar-refractivity contribution < 1.29 is 14.7 Å². The first-order chi connectivity index (χ1) is 17.4. The number of hydrogen-bond acceptors (Lipinski definition) is 4. The Hall–Kier alpha value is -4.23. The highest BCUT2D eigenvalue weighted by Crippen LogP contribution is 2.37. The first-order valence-corrected chi connectivity index (χ1v) is 11.9.